The average molecular weight is 311 g/mol. The van der Waals surface area contributed by atoms with Crippen molar-refractivity contribution in [1.29, 1.82) is 0 Å². The third-order valence-electron chi connectivity index (χ3n) is 3.60. The minimum atomic E-state index is 0.544. The number of likely N-dealkylation sites (N-methyl/N-ethyl adjacent to an activating group) is 1. The van der Waals surface area contributed by atoms with Gasteiger partial charge in [0.25, 0.3) is 0 Å². The summed E-state index contributed by atoms with van der Waals surface area (Å²) in [5, 5.41) is 3.76. The molecule has 100 valence electrons. The van der Waals surface area contributed by atoms with E-state index in [-0.39, 0.29) is 0 Å². The van der Waals surface area contributed by atoms with Crippen LogP contribution in [-0.2, 0) is 6.42 Å². The monoisotopic (exact) mass is 310 g/mol. The van der Waals surface area contributed by atoms with Crippen molar-refractivity contribution in [3.63, 3.8) is 0 Å². The van der Waals surface area contributed by atoms with E-state index in [2.05, 4.69) is 64.4 Å². The molecule has 18 heavy (non-hydrogen) atoms. The Labute approximate surface area is 119 Å². The van der Waals surface area contributed by atoms with Gasteiger partial charge in [-0.25, -0.2) is 0 Å². The van der Waals surface area contributed by atoms with Crippen LogP contribution in [0.5, 0.6) is 0 Å². The van der Waals surface area contributed by atoms with Crippen LogP contribution in [0, 0.1) is 0 Å². The molecule has 1 heterocycles. The molecule has 2 atom stereocenters. The van der Waals surface area contributed by atoms with E-state index in [1.165, 1.54) is 31.5 Å². The lowest BCUT2D eigenvalue weighted by Gasteiger charge is -2.32. The van der Waals surface area contributed by atoms with Crippen molar-refractivity contribution in [3.05, 3.63) is 34.3 Å². The van der Waals surface area contributed by atoms with Crippen LogP contribution in [0.2, 0.25) is 0 Å². The molecule has 0 radical (unpaired) electrons. The minimum absolute atomic E-state index is 0.544. The number of hydrogen-bond acceptors (Lipinski definition) is 2. The van der Waals surface area contributed by atoms with Crippen LogP contribution in [0.1, 0.15) is 25.3 Å². The maximum absolute atomic E-state index is 3.76. The lowest BCUT2D eigenvalue weighted by Crippen LogP contribution is -2.47. The van der Waals surface area contributed by atoms with E-state index in [4.69, 9.17) is 0 Å². The van der Waals surface area contributed by atoms with Crippen LogP contribution >= 0.6 is 15.9 Å². The predicted molar refractivity (Wildman–Crippen MR) is 81.0 cm³/mol. The Bertz CT molecular complexity index is 363. The standard InChI is InChI=1S/C15H23BrN2/c1-12(10-13-5-7-14(16)8-6-13)17-15-4-3-9-18(2)11-15/h5-8,12,15,17H,3-4,9-11H2,1-2H3. The zero-order valence-corrected chi connectivity index (χ0v) is 12.9. The fraction of sp³-hybridized carbons (Fsp3) is 0.600. The first-order chi connectivity index (χ1) is 8.63. The number of rotatable bonds is 4. The number of hydrogen-bond donors (Lipinski definition) is 1. The van der Waals surface area contributed by atoms with Crippen LogP contribution in [-0.4, -0.2) is 37.1 Å². The van der Waals surface area contributed by atoms with Crippen LogP contribution in [0.15, 0.2) is 28.7 Å². The Morgan fingerprint density at radius 3 is 2.78 bits per heavy atom. The van der Waals surface area contributed by atoms with Gasteiger partial charge in [-0.05, 0) is 57.5 Å². The van der Waals surface area contributed by atoms with Gasteiger partial charge in [0.15, 0.2) is 0 Å². The van der Waals surface area contributed by atoms with E-state index >= 15 is 0 Å². The number of likely N-dealkylation sites (tertiary alicyclic amines) is 1. The highest BCUT2D eigenvalue weighted by atomic mass is 79.9. The van der Waals surface area contributed by atoms with Crippen molar-refractivity contribution in [2.75, 3.05) is 20.1 Å². The Balaban J connectivity index is 1.81. The Hall–Kier alpha value is -0.380. The summed E-state index contributed by atoms with van der Waals surface area (Å²) in [5.41, 5.74) is 1.40. The lowest BCUT2D eigenvalue weighted by molar-refractivity contribution is 0.218. The summed E-state index contributed by atoms with van der Waals surface area (Å²) < 4.78 is 1.15. The van der Waals surface area contributed by atoms with Gasteiger partial charge in [0.05, 0.1) is 0 Å². The summed E-state index contributed by atoms with van der Waals surface area (Å²) in [6, 6.07) is 9.86. The van der Waals surface area contributed by atoms with Crippen molar-refractivity contribution in [2.24, 2.45) is 0 Å². The summed E-state index contributed by atoms with van der Waals surface area (Å²) in [6.45, 7) is 4.72. The highest BCUT2D eigenvalue weighted by Crippen LogP contribution is 2.13. The highest BCUT2D eigenvalue weighted by molar-refractivity contribution is 9.10. The van der Waals surface area contributed by atoms with Crippen LogP contribution < -0.4 is 5.32 Å². The highest BCUT2D eigenvalue weighted by Gasteiger charge is 2.18. The first kappa shape index (κ1) is 14.0. The summed E-state index contributed by atoms with van der Waals surface area (Å²) in [7, 11) is 2.22. The molecule has 0 saturated carbocycles. The smallest absolute Gasteiger partial charge is 0.0197 e. The first-order valence-electron chi connectivity index (χ1n) is 6.82. The molecule has 1 aromatic rings. The number of halogens is 1. The summed E-state index contributed by atoms with van der Waals surface area (Å²) >= 11 is 3.48. The number of benzene rings is 1. The molecule has 1 aromatic carbocycles. The van der Waals surface area contributed by atoms with Crippen molar-refractivity contribution in [2.45, 2.75) is 38.3 Å². The van der Waals surface area contributed by atoms with Gasteiger partial charge in [0, 0.05) is 23.1 Å². The molecule has 1 fully saturated rings. The molecular formula is C15H23BrN2. The van der Waals surface area contributed by atoms with E-state index < -0.39 is 0 Å². The summed E-state index contributed by atoms with van der Waals surface area (Å²) in [4.78, 5) is 2.42. The molecular weight excluding hydrogens is 288 g/mol. The van der Waals surface area contributed by atoms with Gasteiger partial charge in [-0.15, -0.1) is 0 Å². The fourth-order valence-corrected chi connectivity index (χ4v) is 3.00. The van der Waals surface area contributed by atoms with Gasteiger partial charge in [-0.1, -0.05) is 28.1 Å². The van der Waals surface area contributed by atoms with Crippen LogP contribution in [0.3, 0.4) is 0 Å². The molecule has 0 bridgehead atoms. The molecule has 1 N–H and O–H groups in total. The second kappa shape index (κ2) is 6.69. The molecule has 1 saturated heterocycles. The molecule has 1 aliphatic rings. The van der Waals surface area contributed by atoms with Gasteiger partial charge < -0.3 is 10.2 Å². The van der Waals surface area contributed by atoms with Gasteiger partial charge in [-0.2, -0.15) is 0 Å². The topological polar surface area (TPSA) is 15.3 Å². The molecule has 0 spiro atoms. The third-order valence-corrected chi connectivity index (χ3v) is 4.13. The zero-order chi connectivity index (χ0) is 13.0. The summed E-state index contributed by atoms with van der Waals surface area (Å²) in [5.74, 6) is 0. The van der Waals surface area contributed by atoms with E-state index in [1.807, 2.05) is 0 Å². The normalized spacial score (nSPS) is 22.9. The van der Waals surface area contributed by atoms with Gasteiger partial charge in [-0.3, -0.25) is 0 Å². The van der Waals surface area contributed by atoms with E-state index in [0.717, 1.165) is 10.9 Å². The van der Waals surface area contributed by atoms with Crippen molar-refractivity contribution >= 4 is 15.9 Å². The number of nitrogens with zero attached hydrogens (tertiary/aromatic N) is 1. The van der Waals surface area contributed by atoms with Gasteiger partial charge >= 0.3 is 0 Å². The predicted octanol–water partition coefficient (Wildman–Crippen LogP) is 3.06. The maximum Gasteiger partial charge on any atom is 0.0197 e. The first-order valence-corrected chi connectivity index (χ1v) is 7.62. The molecule has 2 nitrogen and oxygen atoms in total. The largest absolute Gasteiger partial charge is 0.310 e. The molecule has 0 amide bonds. The Morgan fingerprint density at radius 2 is 2.11 bits per heavy atom. The third kappa shape index (κ3) is 4.38. The molecule has 0 aromatic heterocycles. The molecule has 2 unspecified atom stereocenters. The maximum atomic E-state index is 3.76. The van der Waals surface area contributed by atoms with Gasteiger partial charge in [0.1, 0.15) is 0 Å². The van der Waals surface area contributed by atoms with E-state index in [1.54, 1.807) is 0 Å². The Kier molecular flexibility index (Phi) is 5.22. The van der Waals surface area contributed by atoms with Crippen molar-refractivity contribution in [1.82, 2.24) is 10.2 Å². The molecule has 3 heteroatoms. The number of piperidine rings is 1. The van der Waals surface area contributed by atoms with Crippen molar-refractivity contribution < 1.29 is 0 Å². The molecule has 2 rings (SSSR count). The van der Waals surface area contributed by atoms with E-state index in [0.29, 0.717) is 12.1 Å². The molecule has 0 aliphatic carbocycles. The molecule has 1 aliphatic heterocycles. The lowest BCUT2D eigenvalue weighted by atomic mass is 10.0. The summed E-state index contributed by atoms with van der Waals surface area (Å²) in [6.07, 6.45) is 3.74. The van der Waals surface area contributed by atoms with Crippen LogP contribution in [0.25, 0.3) is 0 Å². The fourth-order valence-electron chi connectivity index (χ4n) is 2.74. The SMILES string of the molecule is CC(Cc1ccc(Br)cc1)NC1CCCN(C)C1. The number of nitrogens with one attached hydrogen (secondary N) is 1. The zero-order valence-electron chi connectivity index (χ0n) is 11.3. The van der Waals surface area contributed by atoms with E-state index in [9.17, 15) is 0 Å². The van der Waals surface area contributed by atoms with Crippen molar-refractivity contribution in [3.8, 4) is 0 Å². The second-order valence-electron chi connectivity index (χ2n) is 5.50. The van der Waals surface area contributed by atoms with Gasteiger partial charge in [0.2, 0.25) is 0 Å². The van der Waals surface area contributed by atoms with Crippen LogP contribution in [0.4, 0.5) is 0 Å². The Morgan fingerprint density at radius 1 is 1.39 bits per heavy atom. The minimum Gasteiger partial charge on any atom is -0.310 e. The quantitative estimate of drug-likeness (QED) is 0.919. The second-order valence-corrected chi connectivity index (χ2v) is 6.42. The average Bonchev–Trinajstić information content (AvgIpc) is 2.32.